The van der Waals surface area contributed by atoms with E-state index in [1.54, 1.807) is 20.8 Å². The molecule has 1 rings (SSSR count). The Morgan fingerprint density at radius 3 is 2.00 bits per heavy atom. The molecule has 0 aromatic heterocycles. The molecule has 0 amide bonds. The normalized spacial score (nSPS) is 16.8. The number of hydrogen-bond donors (Lipinski definition) is 0. The van der Waals surface area contributed by atoms with Crippen LogP contribution in [0, 0.1) is 0 Å². The van der Waals surface area contributed by atoms with Crippen LogP contribution < -0.4 is 0 Å². The van der Waals surface area contributed by atoms with Gasteiger partial charge in [-0.3, -0.25) is 9.59 Å². The molecule has 114 valence electrons. The van der Waals surface area contributed by atoms with E-state index in [9.17, 15) is 9.59 Å². The van der Waals surface area contributed by atoms with Crippen molar-refractivity contribution in [2.24, 2.45) is 0 Å². The summed E-state index contributed by atoms with van der Waals surface area (Å²) in [6.45, 7) is 11.5. The number of ketones is 2. The Kier molecular flexibility index (Phi) is 6.07. The van der Waals surface area contributed by atoms with Crippen molar-refractivity contribution in [2.75, 3.05) is 0 Å². The molecule has 0 saturated heterocycles. The third-order valence-corrected chi connectivity index (χ3v) is 4.06. The van der Waals surface area contributed by atoms with Gasteiger partial charge in [-0.2, -0.15) is 0 Å². The van der Waals surface area contributed by atoms with Crippen molar-refractivity contribution in [1.29, 1.82) is 0 Å². The summed E-state index contributed by atoms with van der Waals surface area (Å²) in [5, 5.41) is 0. The first kappa shape index (κ1) is 17.4. The molecule has 0 fully saturated rings. The number of allylic oxidation sites excluding steroid dienone is 8. The fourth-order valence-electron chi connectivity index (χ4n) is 2.37. The Hall–Kier alpha value is -1.70. The van der Waals surface area contributed by atoms with Gasteiger partial charge in [0, 0.05) is 22.3 Å². The molecule has 0 saturated carbocycles. The topological polar surface area (TPSA) is 34.1 Å². The third kappa shape index (κ3) is 4.38. The summed E-state index contributed by atoms with van der Waals surface area (Å²) in [7, 11) is 0. The molecule has 0 atom stereocenters. The van der Waals surface area contributed by atoms with E-state index in [0.717, 1.165) is 12.8 Å². The van der Waals surface area contributed by atoms with Crippen LogP contribution in [0.2, 0.25) is 0 Å². The highest BCUT2D eigenvalue weighted by molar-refractivity contribution is 6.24. The lowest BCUT2D eigenvalue weighted by atomic mass is 9.84. The standard InChI is InChI=1S/C19H26O2/c1-12(2)8-7-9-13(3)10-11-17-16(6)18(20)14(4)15(5)19(17)21/h8,10H,7,9,11H2,1-6H3. The number of carbonyl (C=O) groups excluding carboxylic acids is 2. The second kappa shape index (κ2) is 7.35. The van der Waals surface area contributed by atoms with Crippen LogP contribution in [0.25, 0.3) is 0 Å². The summed E-state index contributed by atoms with van der Waals surface area (Å²) < 4.78 is 0. The summed E-state index contributed by atoms with van der Waals surface area (Å²) in [5.41, 5.74) is 5.03. The van der Waals surface area contributed by atoms with Gasteiger partial charge in [-0.25, -0.2) is 0 Å². The fraction of sp³-hybridized carbons (Fsp3) is 0.474. The van der Waals surface area contributed by atoms with Gasteiger partial charge in [0.15, 0.2) is 11.6 Å². The van der Waals surface area contributed by atoms with E-state index in [0.29, 0.717) is 28.7 Å². The molecular formula is C19H26O2. The van der Waals surface area contributed by atoms with Gasteiger partial charge in [0.05, 0.1) is 0 Å². The highest BCUT2D eigenvalue weighted by atomic mass is 16.1. The van der Waals surface area contributed by atoms with Gasteiger partial charge in [-0.15, -0.1) is 0 Å². The van der Waals surface area contributed by atoms with Crippen molar-refractivity contribution < 1.29 is 9.59 Å². The minimum absolute atomic E-state index is 0.0118. The number of rotatable bonds is 5. The lowest BCUT2D eigenvalue weighted by molar-refractivity contribution is -0.116. The van der Waals surface area contributed by atoms with E-state index in [4.69, 9.17) is 0 Å². The molecule has 0 bridgehead atoms. The van der Waals surface area contributed by atoms with Crippen molar-refractivity contribution >= 4 is 11.6 Å². The summed E-state index contributed by atoms with van der Waals surface area (Å²) in [6.07, 6.45) is 6.87. The first-order chi connectivity index (χ1) is 9.75. The van der Waals surface area contributed by atoms with E-state index in [2.05, 4.69) is 32.9 Å². The smallest absolute Gasteiger partial charge is 0.185 e. The van der Waals surface area contributed by atoms with Gasteiger partial charge < -0.3 is 0 Å². The average Bonchev–Trinajstić information content (AvgIpc) is 2.42. The molecule has 1 aliphatic carbocycles. The summed E-state index contributed by atoms with van der Waals surface area (Å²) in [4.78, 5) is 24.4. The molecular weight excluding hydrogens is 260 g/mol. The Morgan fingerprint density at radius 2 is 1.43 bits per heavy atom. The zero-order valence-electron chi connectivity index (χ0n) is 14.1. The van der Waals surface area contributed by atoms with Crippen LogP contribution in [0.3, 0.4) is 0 Å². The first-order valence-electron chi connectivity index (χ1n) is 7.51. The Labute approximate surface area is 128 Å². The average molecular weight is 286 g/mol. The van der Waals surface area contributed by atoms with Crippen molar-refractivity contribution in [3.8, 4) is 0 Å². The molecule has 21 heavy (non-hydrogen) atoms. The second-order valence-corrected chi connectivity index (χ2v) is 6.09. The van der Waals surface area contributed by atoms with E-state index >= 15 is 0 Å². The monoisotopic (exact) mass is 286 g/mol. The second-order valence-electron chi connectivity index (χ2n) is 6.09. The van der Waals surface area contributed by atoms with Crippen molar-refractivity contribution in [3.63, 3.8) is 0 Å². The molecule has 0 spiro atoms. The van der Waals surface area contributed by atoms with Crippen molar-refractivity contribution in [3.05, 3.63) is 45.6 Å². The molecule has 0 aromatic rings. The molecule has 0 unspecified atom stereocenters. The minimum atomic E-state index is 0.0118. The van der Waals surface area contributed by atoms with Gasteiger partial charge in [0.25, 0.3) is 0 Å². The molecule has 0 heterocycles. The van der Waals surface area contributed by atoms with Gasteiger partial charge in [0.1, 0.15) is 0 Å². The summed E-state index contributed by atoms with van der Waals surface area (Å²) in [5.74, 6) is 0.0376. The Morgan fingerprint density at radius 1 is 0.857 bits per heavy atom. The van der Waals surface area contributed by atoms with Gasteiger partial charge in [-0.1, -0.05) is 23.3 Å². The van der Waals surface area contributed by atoms with E-state index < -0.39 is 0 Å². The Balaban J connectivity index is 2.81. The minimum Gasteiger partial charge on any atom is -0.289 e. The van der Waals surface area contributed by atoms with Crippen LogP contribution in [0.4, 0.5) is 0 Å². The van der Waals surface area contributed by atoms with Crippen molar-refractivity contribution in [1.82, 2.24) is 0 Å². The summed E-state index contributed by atoms with van der Waals surface area (Å²) >= 11 is 0. The molecule has 0 aromatic carbocycles. The highest BCUT2D eigenvalue weighted by Crippen LogP contribution is 2.26. The zero-order chi connectivity index (χ0) is 16.2. The van der Waals surface area contributed by atoms with Gasteiger partial charge in [-0.05, 0) is 60.8 Å². The number of carbonyl (C=O) groups is 2. The quantitative estimate of drug-likeness (QED) is 0.533. The van der Waals surface area contributed by atoms with Crippen molar-refractivity contribution in [2.45, 2.75) is 60.8 Å². The molecule has 1 aliphatic rings. The van der Waals surface area contributed by atoms with Crippen LogP contribution in [-0.4, -0.2) is 11.6 Å². The van der Waals surface area contributed by atoms with E-state index in [-0.39, 0.29) is 11.6 Å². The lowest BCUT2D eigenvalue weighted by Crippen LogP contribution is -2.20. The maximum atomic E-state index is 12.3. The van der Waals surface area contributed by atoms with Gasteiger partial charge in [0.2, 0.25) is 0 Å². The predicted molar refractivity (Wildman–Crippen MR) is 88.1 cm³/mol. The number of Topliss-reactive ketones (excluding diaryl/α,β-unsaturated/α-hetero) is 2. The maximum absolute atomic E-state index is 12.3. The largest absolute Gasteiger partial charge is 0.289 e. The SMILES string of the molecule is CC(C)=CCCC(C)=CCC1=C(C)C(=O)C(C)=C(C)C1=O. The molecule has 0 aliphatic heterocycles. The molecule has 0 radical (unpaired) electrons. The summed E-state index contributed by atoms with van der Waals surface area (Å²) in [6, 6.07) is 0. The highest BCUT2D eigenvalue weighted by Gasteiger charge is 2.26. The van der Waals surface area contributed by atoms with Crippen LogP contribution in [0.5, 0.6) is 0 Å². The van der Waals surface area contributed by atoms with Crippen LogP contribution in [0.15, 0.2) is 45.6 Å². The van der Waals surface area contributed by atoms with Crippen LogP contribution >= 0.6 is 0 Å². The molecule has 2 nitrogen and oxygen atoms in total. The predicted octanol–water partition coefficient (Wildman–Crippen LogP) is 4.87. The van der Waals surface area contributed by atoms with E-state index in [1.807, 2.05) is 0 Å². The van der Waals surface area contributed by atoms with E-state index in [1.165, 1.54) is 11.1 Å². The fourth-order valence-corrected chi connectivity index (χ4v) is 2.37. The molecule has 0 N–H and O–H groups in total. The molecule has 2 heteroatoms. The lowest BCUT2D eigenvalue weighted by Gasteiger charge is -2.17. The zero-order valence-corrected chi connectivity index (χ0v) is 14.1. The third-order valence-electron chi connectivity index (χ3n) is 4.06. The van der Waals surface area contributed by atoms with Crippen LogP contribution in [0.1, 0.15) is 60.8 Å². The number of hydrogen-bond acceptors (Lipinski definition) is 2. The van der Waals surface area contributed by atoms with Gasteiger partial charge >= 0.3 is 0 Å². The van der Waals surface area contributed by atoms with Crippen LogP contribution in [-0.2, 0) is 9.59 Å². The Bertz CT molecular complexity index is 577. The maximum Gasteiger partial charge on any atom is 0.185 e. The first-order valence-corrected chi connectivity index (χ1v) is 7.51.